The van der Waals surface area contributed by atoms with Gasteiger partial charge in [-0.2, -0.15) is 0 Å². The zero-order valence-electron chi connectivity index (χ0n) is 40.7. The average Bonchev–Trinajstić information content (AvgIpc) is 4.19. The van der Waals surface area contributed by atoms with Crippen molar-refractivity contribution in [3.05, 3.63) is 58.3 Å². The van der Waals surface area contributed by atoms with Crippen molar-refractivity contribution in [1.29, 1.82) is 0 Å². The van der Waals surface area contributed by atoms with E-state index in [0.29, 0.717) is 53.6 Å². The minimum absolute atomic E-state index is 0.0295. The molecule has 0 saturated carbocycles. The Morgan fingerprint density at radius 1 is 0.696 bits per heavy atom. The van der Waals surface area contributed by atoms with Crippen LogP contribution in [0.2, 0.25) is 0 Å². The van der Waals surface area contributed by atoms with Gasteiger partial charge in [-0.15, -0.1) is 22.7 Å². The zero-order chi connectivity index (χ0) is 48.9. The number of rotatable bonds is 9. The lowest BCUT2D eigenvalue weighted by Gasteiger charge is -2.33. The molecular formula is C49H60N12O6S2. The number of hydrogen-bond acceptors (Lipinski definition) is 13. The summed E-state index contributed by atoms with van der Waals surface area (Å²) in [5.41, 5.74) is 11.5. The number of piperidine rings is 2. The van der Waals surface area contributed by atoms with E-state index in [1.807, 2.05) is 78.5 Å². The molecule has 8 heterocycles. The van der Waals surface area contributed by atoms with E-state index in [1.165, 1.54) is 0 Å². The molecule has 0 aliphatic carbocycles. The number of nitrogens with one attached hydrogen (secondary N) is 1. The predicted molar refractivity (Wildman–Crippen MR) is 270 cm³/mol. The average molecular weight is 977 g/mol. The van der Waals surface area contributed by atoms with Crippen molar-refractivity contribution in [2.24, 2.45) is 19.8 Å². The summed E-state index contributed by atoms with van der Waals surface area (Å²) >= 11 is 3.33. The highest BCUT2D eigenvalue weighted by molar-refractivity contribution is 7.17. The number of likely N-dealkylation sites (tertiary alicyclic amines) is 2. The van der Waals surface area contributed by atoms with Gasteiger partial charge in [0.1, 0.15) is 48.8 Å². The summed E-state index contributed by atoms with van der Waals surface area (Å²) in [5, 5.41) is 7.00. The Kier molecular flexibility index (Phi) is 13.2. The molecule has 2 aliphatic rings. The summed E-state index contributed by atoms with van der Waals surface area (Å²) in [6, 6.07) is 11.1. The van der Waals surface area contributed by atoms with Gasteiger partial charge in [-0.05, 0) is 107 Å². The first-order valence-electron chi connectivity index (χ1n) is 23.4. The van der Waals surface area contributed by atoms with E-state index >= 15 is 0 Å². The number of aromatic nitrogens is 8. The van der Waals surface area contributed by atoms with Gasteiger partial charge in [-0.1, -0.05) is 0 Å². The van der Waals surface area contributed by atoms with Gasteiger partial charge < -0.3 is 53.3 Å². The molecule has 0 radical (unpaired) electrons. The fraction of sp³-hybridized carbons (Fsp3) is 0.449. The molecule has 0 unspecified atom stereocenters. The molecule has 3 amide bonds. The van der Waals surface area contributed by atoms with Crippen molar-refractivity contribution in [3.63, 3.8) is 0 Å². The molecule has 2 aliphatic heterocycles. The molecule has 10 rings (SSSR count). The summed E-state index contributed by atoms with van der Waals surface area (Å²) in [6.45, 7) is 13.6. The van der Waals surface area contributed by atoms with E-state index < -0.39 is 11.7 Å². The third-order valence-electron chi connectivity index (χ3n) is 12.7. The Morgan fingerprint density at radius 2 is 1.16 bits per heavy atom. The van der Waals surface area contributed by atoms with Gasteiger partial charge in [0.25, 0.3) is 11.8 Å². The Labute approximate surface area is 408 Å². The van der Waals surface area contributed by atoms with E-state index in [-0.39, 0.29) is 23.9 Å². The number of imidazole rings is 4. The molecule has 2 fully saturated rings. The van der Waals surface area contributed by atoms with Gasteiger partial charge in [-0.25, -0.2) is 24.7 Å². The molecule has 6 aromatic heterocycles. The highest BCUT2D eigenvalue weighted by Crippen LogP contribution is 2.36. The van der Waals surface area contributed by atoms with Crippen LogP contribution in [0.15, 0.2) is 47.2 Å². The number of nitrogens with zero attached hydrogens (tertiary/aromatic N) is 10. The standard InChI is InChI=1S/C27H34N6O4S.C22H26N6O2S/c1-7-33-23(29-18-10-12-38-25(18)33)22-30-19-13-16(14-20(36-6)21(19)31(22)5)24(34)32-11-8-9-17(15-32)28-26(35)37-27(2,3)4;1-4-28-20(24-15-7-9-31-22(15)28)19-25-16-10-13(11-17(30-3)18(16)26(19)2)21(29)27-8-5-6-14(23)12-27/h10,12-14,17H,7-9,11,15H2,1-6H3,(H,28,35);7,9-11,14H,4-6,8,12,23H2,1-3H3/t17-;14-/m11/s1. The van der Waals surface area contributed by atoms with Crippen molar-refractivity contribution in [1.82, 2.24) is 53.3 Å². The zero-order valence-corrected chi connectivity index (χ0v) is 42.3. The van der Waals surface area contributed by atoms with Crippen LogP contribution in [0.1, 0.15) is 81.0 Å². The second-order valence-electron chi connectivity index (χ2n) is 18.6. The Balaban J connectivity index is 0.000000175. The molecule has 18 nitrogen and oxygen atoms in total. The maximum atomic E-state index is 13.6. The van der Waals surface area contributed by atoms with Gasteiger partial charge in [-0.3, -0.25) is 9.59 Å². The van der Waals surface area contributed by atoms with Crippen LogP contribution in [-0.4, -0.2) is 124 Å². The van der Waals surface area contributed by atoms with Crippen molar-refractivity contribution < 1.29 is 28.6 Å². The molecule has 69 heavy (non-hydrogen) atoms. The quantitative estimate of drug-likeness (QED) is 0.142. The number of ether oxygens (including phenoxy) is 3. The van der Waals surface area contributed by atoms with Crippen molar-refractivity contribution in [2.45, 2.75) is 91.1 Å². The number of alkyl carbamates (subject to hydrolysis) is 1. The maximum Gasteiger partial charge on any atom is 0.407 e. The highest BCUT2D eigenvalue weighted by atomic mass is 32.1. The first-order chi connectivity index (χ1) is 33.1. The van der Waals surface area contributed by atoms with E-state index in [1.54, 1.807) is 53.9 Å². The Hall–Kier alpha value is -6.51. The Bertz CT molecular complexity index is 3220. The van der Waals surface area contributed by atoms with Crippen LogP contribution >= 0.6 is 22.7 Å². The van der Waals surface area contributed by atoms with Crippen LogP contribution in [0.5, 0.6) is 11.5 Å². The lowest BCUT2D eigenvalue weighted by Crippen LogP contribution is -2.50. The van der Waals surface area contributed by atoms with Gasteiger partial charge >= 0.3 is 6.09 Å². The van der Waals surface area contributed by atoms with Gasteiger partial charge in [0.15, 0.2) is 23.3 Å². The number of thiophene rings is 2. The van der Waals surface area contributed by atoms with Crippen molar-refractivity contribution in [2.75, 3.05) is 40.4 Å². The highest BCUT2D eigenvalue weighted by Gasteiger charge is 2.30. The molecular weight excluding hydrogens is 917 g/mol. The van der Waals surface area contributed by atoms with E-state index in [0.717, 1.165) is 100 Å². The van der Waals surface area contributed by atoms with Gasteiger partial charge in [0, 0.05) is 76.6 Å². The number of carbonyl (C=O) groups is 3. The minimum atomic E-state index is -0.578. The molecule has 364 valence electrons. The number of benzene rings is 2. The summed E-state index contributed by atoms with van der Waals surface area (Å²) in [4.78, 5) is 64.3. The van der Waals surface area contributed by atoms with Crippen molar-refractivity contribution in [3.8, 4) is 34.8 Å². The van der Waals surface area contributed by atoms with Crippen LogP contribution in [0.3, 0.4) is 0 Å². The first-order valence-corrected chi connectivity index (χ1v) is 25.2. The number of aryl methyl sites for hydroxylation is 4. The molecule has 20 heteroatoms. The summed E-state index contributed by atoms with van der Waals surface area (Å²) < 4.78 is 25.1. The Morgan fingerprint density at radius 3 is 1.61 bits per heavy atom. The van der Waals surface area contributed by atoms with Crippen LogP contribution < -0.4 is 20.5 Å². The molecule has 8 aromatic rings. The van der Waals surface area contributed by atoms with E-state index in [9.17, 15) is 14.4 Å². The number of hydrogen-bond donors (Lipinski definition) is 2. The third kappa shape index (κ3) is 9.12. The number of amides is 3. The second kappa shape index (κ2) is 19.1. The minimum Gasteiger partial charge on any atom is -0.494 e. The van der Waals surface area contributed by atoms with E-state index in [2.05, 4.69) is 33.7 Å². The summed E-state index contributed by atoms with van der Waals surface area (Å²) in [6.07, 6.45) is 2.99. The SMILES string of the molecule is CCn1c(-c2nc3cc(C(=O)N4CCC[C@@H](N)C4)cc(OC)c3n2C)nc2ccsc21.CCn1c(-c2nc3cc(C(=O)N4CCC[C@@H](NC(=O)OC(C)(C)C)C4)cc(OC)c3n2C)nc2ccsc21. The number of fused-ring (bicyclic) bond motifs is 4. The number of methoxy groups -OCH3 is 2. The molecule has 2 atom stereocenters. The van der Waals surface area contributed by atoms with Crippen molar-refractivity contribution >= 4 is 83.3 Å². The predicted octanol–water partition coefficient (Wildman–Crippen LogP) is 8.05. The number of carbonyl (C=O) groups excluding carboxylic acids is 3. The maximum absolute atomic E-state index is 13.6. The molecule has 0 bridgehead atoms. The molecule has 3 N–H and O–H groups in total. The summed E-state index contributed by atoms with van der Waals surface area (Å²) in [5.74, 6) is 4.12. The fourth-order valence-corrected chi connectivity index (χ4v) is 11.3. The largest absolute Gasteiger partial charge is 0.494 e. The third-order valence-corrected chi connectivity index (χ3v) is 14.6. The fourth-order valence-electron chi connectivity index (χ4n) is 9.52. The topological polar surface area (TPSA) is 195 Å². The van der Waals surface area contributed by atoms with Crippen LogP contribution in [0.4, 0.5) is 4.79 Å². The normalized spacial score (nSPS) is 16.6. The van der Waals surface area contributed by atoms with Crippen LogP contribution in [0.25, 0.3) is 66.1 Å². The lowest BCUT2D eigenvalue weighted by molar-refractivity contribution is 0.0452. The van der Waals surface area contributed by atoms with Crippen LogP contribution in [0, 0.1) is 0 Å². The van der Waals surface area contributed by atoms with Gasteiger partial charge in [0.05, 0.1) is 25.3 Å². The number of nitrogens with two attached hydrogens (primary N) is 1. The summed E-state index contributed by atoms with van der Waals surface area (Å²) in [7, 11) is 7.12. The lowest BCUT2D eigenvalue weighted by atomic mass is 10.0. The second-order valence-corrected chi connectivity index (χ2v) is 20.3. The molecule has 2 saturated heterocycles. The smallest absolute Gasteiger partial charge is 0.407 e. The van der Waals surface area contributed by atoms with Gasteiger partial charge in [0.2, 0.25) is 0 Å². The molecule has 0 spiro atoms. The molecule has 2 aromatic carbocycles. The van der Waals surface area contributed by atoms with Crippen LogP contribution in [-0.2, 0) is 31.9 Å². The van der Waals surface area contributed by atoms with E-state index in [4.69, 9.17) is 39.9 Å². The monoisotopic (exact) mass is 976 g/mol. The first kappa shape index (κ1) is 47.6.